The highest BCUT2D eigenvalue weighted by Crippen LogP contribution is 2.23. The number of aromatic nitrogens is 1. The standard InChI is InChI=1S/C13H24N2S2/c1-5-11-12(8-14-7-10(3)4)17-13(15-11)9-16-6-2/h10,14H,5-9H2,1-4H3. The summed E-state index contributed by atoms with van der Waals surface area (Å²) in [6, 6.07) is 0. The van der Waals surface area contributed by atoms with Crippen molar-refractivity contribution in [2.75, 3.05) is 12.3 Å². The molecule has 0 aliphatic rings. The lowest BCUT2D eigenvalue weighted by atomic mass is 10.2. The van der Waals surface area contributed by atoms with Gasteiger partial charge in [-0.3, -0.25) is 0 Å². The van der Waals surface area contributed by atoms with Crippen LogP contribution in [0.25, 0.3) is 0 Å². The van der Waals surface area contributed by atoms with Gasteiger partial charge in [0.2, 0.25) is 0 Å². The summed E-state index contributed by atoms with van der Waals surface area (Å²) < 4.78 is 0. The van der Waals surface area contributed by atoms with E-state index in [1.165, 1.54) is 21.3 Å². The molecule has 0 aliphatic carbocycles. The number of rotatable bonds is 8. The molecule has 0 radical (unpaired) electrons. The SMILES string of the molecule is CCSCc1nc(CC)c(CNCC(C)C)s1. The van der Waals surface area contributed by atoms with Crippen LogP contribution in [-0.4, -0.2) is 17.3 Å². The van der Waals surface area contributed by atoms with Gasteiger partial charge in [0.15, 0.2) is 0 Å². The lowest BCUT2D eigenvalue weighted by Crippen LogP contribution is -2.18. The number of hydrogen-bond donors (Lipinski definition) is 1. The zero-order valence-corrected chi connectivity index (χ0v) is 13.0. The Balaban J connectivity index is 2.53. The largest absolute Gasteiger partial charge is 0.312 e. The van der Waals surface area contributed by atoms with Gasteiger partial charge in [-0.2, -0.15) is 11.8 Å². The summed E-state index contributed by atoms with van der Waals surface area (Å²) in [5.74, 6) is 2.95. The van der Waals surface area contributed by atoms with E-state index in [0.717, 1.165) is 25.3 Å². The topological polar surface area (TPSA) is 24.9 Å². The summed E-state index contributed by atoms with van der Waals surface area (Å²) in [7, 11) is 0. The van der Waals surface area contributed by atoms with Crippen molar-refractivity contribution in [3.63, 3.8) is 0 Å². The van der Waals surface area contributed by atoms with Crippen LogP contribution in [-0.2, 0) is 18.7 Å². The Bertz CT molecular complexity index is 321. The maximum Gasteiger partial charge on any atom is 0.103 e. The molecule has 0 aliphatic heterocycles. The van der Waals surface area contributed by atoms with Gasteiger partial charge in [0, 0.05) is 17.2 Å². The lowest BCUT2D eigenvalue weighted by Gasteiger charge is -2.06. The van der Waals surface area contributed by atoms with E-state index in [1.54, 1.807) is 0 Å². The first kappa shape index (κ1) is 15.0. The fourth-order valence-electron chi connectivity index (χ4n) is 1.58. The van der Waals surface area contributed by atoms with Crippen LogP contribution in [0.5, 0.6) is 0 Å². The lowest BCUT2D eigenvalue weighted by molar-refractivity contribution is 0.553. The van der Waals surface area contributed by atoms with Gasteiger partial charge in [-0.05, 0) is 24.6 Å². The Morgan fingerprint density at radius 3 is 2.71 bits per heavy atom. The first-order chi connectivity index (χ1) is 8.17. The average molecular weight is 272 g/mol. The minimum atomic E-state index is 0.711. The molecule has 0 aromatic carbocycles. The number of nitrogens with zero attached hydrogens (tertiary/aromatic N) is 1. The van der Waals surface area contributed by atoms with Gasteiger partial charge >= 0.3 is 0 Å². The Morgan fingerprint density at radius 2 is 2.12 bits per heavy atom. The molecule has 4 heteroatoms. The molecule has 0 fully saturated rings. The van der Waals surface area contributed by atoms with Gasteiger partial charge < -0.3 is 5.32 Å². The summed E-state index contributed by atoms with van der Waals surface area (Å²) in [5.41, 5.74) is 1.29. The third-order valence-electron chi connectivity index (χ3n) is 2.43. The second-order valence-electron chi connectivity index (χ2n) is 4.49. The molecule has 98 valence electrons. The molecule has 17 heavy (non-hydrogen) atoms. The number of thioether (sulfide) groups is 1. The van der Waals surface area contributed by atoms with Crippen LogP contribution < -0.4 is 5.32 Å². The predicted molar refractivity (Wildman–Crippen MR) is 79.9 cm³/mol. The van der Waals surface area contributed by atoms with Crippen molar-refractivity contribution in [2.24, 2.45) is 5.92 Å². The van der Waals surface area contributed by atoms with E-state index >= 15 is 0 Å². The van der Waals surface area contributed by atoms with Crippen LogP contribution in [0, 0.1) is 5.92 Å². The molecular formula is C13H24N2S2. The van der Waals surface area contributed by atoms with Crippen LogP contribution in [0.4, 0.5) is 0 Å². The molecule has 0 unspecified atom stereocenters. The molecule has 0 saturated carbocycles. The zero-order chi connectivity index (χ0) is 12.7. The van der Waals surface area contributed by atoms with Crippen LogP contribution >= 0.6 is 23.1 Å². The number of nitrogens with one attached hydrogen (secondary N) is 1. The summed E-state index contributed by atoms with van der Waals surface area (Å²) >= 11 is 3.83. The summed E-state index contributed by atoms with van der Waals surface area (Å²) in [6.45, 7) is 10.9. The van der Waals surface area contributed by atoms with E-state index in [-0.39, 0.29) is 0 Å². The highest BCUT2D eigenvalue weighted by Gasteiger charge is 2.09. The van der Waals surface area contributed by atoms with Crippen molar-refractivity contribution in [1.29, 1.82) is 0 Å². The maximum absolute atomic E-state index is 4.72. The van der Waals surface area contributed by atoms with Crippen molar-refractivity contribution in [3.05, 3.63) is 15.6 Å². The molecule has 0 amide bonds. The quantitative estimate of drug-likeness (QED) is 0.781. The maximum atomic E-state index is 4.72. The van der Waals surface area contributed by atoms with E-state index in [1.807, 2.05) is 23.1 Å². The van der Waals surface area contributed by atoms with Gasteiger partial charge in [-0.15, -0.1) is 11.3 Å². The first-order valence-corrected chi connectivity index (χ1v) is 8.40. The molecule has 0 saturated heterocycles. The molecule has 0 spiro atoms. The van der Waals surface area contributed by atoms with Crippen LogP contribution in [0.2, 0.25) is 0 Å². The summed E-state index contributed by atoms with van der Waals surface area (Å²) in [5, 5.41) is 4.80. The van der Waals surface area contributed by atoms with Crippen molar-refractivity contribution in [1.82, 2.24) is 10.3 Å². The van der Waals surface area contributed by atoms with Crippen molar-refractivity contribution in [2.45, 2.75) is 46.4 Å². The van der Waals surface area contributed by atoms with Gasteiger partial charge in [-0.25, -0.2) is 4.98 Å². The fourth-order valence-corrected chi connectivity index (χ4v) is 3.43. The Hall–Kier alpha value is -0.0600. The van der Waals surface area contributed by atoms with Gasteiger partial charge in [-0.1, -0.05) is 27.7 Å². The molecule has 2 nitrogen and oxygen atoms in total. The smallest absolute Gasteiger partial charge is 0.103 e. The number of thiazole rings is 1. The van der Waals surface area contributed by atoms with Crippen molar-refractivity contribution >= 4 is 23.1 Å². The molecule has 1 rings (SSSR count). The second kappa shape index (κ2) is 8.11. The molecular weight excluding hydrogens is 248 g/mol. The van der Waals surface area contributed by atoms with Gasteiger partial charge in [0.25, 0.3) is 0 Å². The third-order valence-corrected chi connectivity index (χ3v) is 4.59. The Morgan fingerprint density at radius 1 is 1.35 bits per heavy atom. The second-order valence-corrected chi connectivity index (χ2v) is 6.94. The summed E-state index contributed by atoms with van der Waals surface area (Å²) in [6.07, 6.45) is 1.05. The first-order valence-electron chi connectivity index (χ1n) is 6.43. The van der Waals surface area contributed by atoms with Crippen LogP contribution in [0.1, 0.15) is 43.3 Å². The van der Waals surface area contributed by atoms with Gasteiger partial charge in [0.1, 0.15) is 5.01 Å². The third kappa shape index (κ3) is 5.40. The normalized spacial score (nSPS) is 11.4. The molecule has 0 bridgehead atoms. The highest BCUT2D eigenvalue weighted by atomic mass is 32.2. The van der Waals surface area contributed by atoms with E-state index in [2.05, 4.69) is 33.0 Å². The number of aryl methyl sites for hydroxylation is 1. The fraction of sp³-hybridized carbons (Fsp3) is 0.769. The molecule has 1 heterocycles. The highest BCUT2D eigenvalue weighted by molar-refractivity contribution is 7.98. The Labute approximate surface area is 114 Å². The molecule has 0 atom stereocenters. The minimum Gasteiger partial charge on any atom is -0.312 e. The van der Waals surface area contributed by atoms with E-state index in [0.29, 0.717) is 5.92 Å². The van der Waals surface area contributed by atoms with Crippen molar-refractivity contribution < 1.29 is 0 Å². The molecule has 1 aromatic heterocycles. The minimum absolute atomic E-state index is 0.711. The predicted octanol–water partition coefficient (Wildman–Crippen LogP) is 3.70. The molecule has 1 aromatic rings. The Kier molecular flexibility index (Phi) is 7.16. The van der Waals surface area contributed by atoms with E-state index < -0.39 is 0 Å². The van der Waals surface area contributed by atoms with Gasteiger partial charge in [0.05, 0.1) is 5.69 Å². The average Bonchev–Trinajstić information content (AvgIpc) is 2.68. The molecule has 1 N–H and O–H groups in total. The van der Waals surface area contributed by atoms with Crippen LogP contribution in [0.15, 0.2) is 0 Å². The zero-order valence-electron chi connectivity index (χ0n) is 11.4. The summed E-state index contributed by atoms with van der Waals surface area (Å²) in [4.78, 5) is 6.15. The number of hydrogen-bond acceptors (Lipinski definition) is 4. The van der Waals surface area contributed by atoms with E-state index in [4.69, 9.17) is 4.98 Å². The monoisotopic (exact) mass is 272 g/mol. The van der Waals surface area contributed by atoms with E-state index in [9.17, 15) is 0 Å². The van der Waals surface area contributed by atoms with Crippen molar-refractivity contribution in [3.8, 4) is 0 Å². The van der Waals surface area contributed by atoms with Crippen LogP contribution in [0.3, 0.4) is 0 Å².